The molecule has 1 unspecified atom stereocenters. The van der Waals surface area contributed by atoms with Crippen molar-refractivity contribution in [1.82, 2.24) is 35.5 Å². The van der Waals surface area contributed by atoms with Gasteiger partial charge < -0.3 is 9.64 Å². The Morgan fingerprint density at radius 3 is 2.85 bits per heavy atom. The molecule has 0 aliphatic heterocycles. The summed E-state index contributed by atoms with van der Waals surface area (Å²) in [7, 11) is 5.63. The molecular weight excluding hydrogens is 260 g/mol. The number of nitrogens with zero attached hydrogens (tertiary/aromatic N) is 5. The van der Waals surface area contributed by atoms with Crippen LogP contribution in [0.2, 0.25) is 0 Å². The molecule has 2 heterocycles. The Hall–Kier alpha value is -1.97. The highest BCUT2D eigenvalue weighted by Crippen LogP contribution is 2.28. The molecule has 4 N–H and O–H groups in total. The minimum Gasteiger partial charge on any atom is -0.493 e. The predicted molar refractivity (Wildman–Crippen MR) is 72.9 cm³/mol. The third-order valence-electron chi connectivity index (χ3n) is 2.99. The highest BCUT2D eigenvalue weighted by atomic mass is 16.5. The summed E-state index contributed by atoms with van der Waals surface area (Å²) in [5.41, 5.74) is 4.24. The number of ether oxygens (including phenoxy) is 1. The van der Waals surface area contributed by atoms with E-state index < -0.39 is 0 Å². The van der Waals surface area contributed by atoms with E-state index in [4.69, 9.17) is 10.6 Å². The van der Waals surface area contributed by atoms with Crippen molar-refractivity contribution in [3.8, 4) is 5.75 Å². The summed E-state index contributed by atoms with van der Waals surface area (Å²) in [4.78, 5) is 2.08. The predicted octanol–water partition coefficient (Wildman–Crippen LogP) is -0.876. The zero-order valence-corrected chi connectivity index (χ0v) is 11.9. The first-order chi connectivity index (χ1) is 9.67. The van der Waals surface area contributed by atoms with Crippen molar-refractivity contribution in [3.05, 3.63) is 23.8 Å². The summed E-state index contributed by atoms with van der Waals surface area (Å²) < 4.78 is 7.22. The number of likely N-dealkylation sites (N-methyl/N-ethyl adjacent to an activating group) is 1. The fourth-order valence-corrected chi connectivity index (χ4v) is 1.95. The summed E-state index contributed by atoms with van der Waals surface area (Å²) in [6.45, 7) is 1.58. The Labute approximate surface area is 117 Å². The zero-order chi connectivity index (χ0) is 14.5. The second-order valence-corrected chi connectivity index (χ2v) is 4.62. The van der Waals surface area contributed by atoms with Gasteiger partial charge in [-0.15, -0.1) is 0 Å². The van der Waals surface area contributed by atoms with Gasteiger partial charge in [0.05, 0.1) is 26.0 Å². The van der Waals surface area contributed by atoms with E-state index in [0.717, 1.165) is 18.8 Å². The molecule has 1 atom stereocenters. The Morgan fingerprint density at radius 1 is 1.50 bits per heavy atom. The number of hydrogen-bond acceptors (Lipinski definition) is 7. The monoisotopic (exact) mass is 280 g/mol. The molecule has 0 bridgehead atoms. The van der Waals surface area contributed by atoms with Crippen LogP contribution in [0.3, 0.4) is 0 Å². The maximum Gasteiger partial charge on any atom is 0.162 e. The lowest BCUT2D eigenvalue weighted by molar-refractivity contribution is 0.359. The van der Waals surface area contributed by atoms with Crippen LogP contribution in [0.15, 0.2) is 12.4 Å². The molecule has 0 radical (unpaired) electrons. The maximum absolute atomic E-state index is 5.66. The maximum atomic E-state index is 5.66. The van der Waals surface area contributed by atoms with Crippen LogP contribution in [-0.4, -0.2) is 57.8 Å². The van der Waals surface area contributed by atoms with Crippen LogP contribution < -0.4 is 16.0 Å². The topological polar surface area (TPSA) is 110 Å². The lowest BCUT2D eigenvalue weighted by atomic mass is 10.1. The lowest BCUT2D eigenvalue weighted by Crippen LogP contribution is -2.32. The fraction of sp³-hybridized carbons (Fsp3) is 0.545. The molecule has 0 saturated heterocycles. The normalized spacial score (nSPS) is 12.8. The molecule has 9 heteroatoms. The van der Waals surface area contributed by atoms with E-state index in [2.05, 4.69) is 30.8 Å². The second-order valence-electron chi connectivity index (χ2n) is 4.62. The zero-order valence-electron chi connectivity index (χ0n) is 11.9. The number of H-pyrrole nitrogens is 1. The van der Waals surface area contributed by atoms with Crippen LogP contribution in [0, 0.1) is 0 Å². The number of methoxy groups -OCH3 is 1. The van der Waals surface area contributed by atoms with Gasteiger partial charge in [0.15, 0.2) is 5.75 Å². The Morgan fingerprint density at radius 2 is 2.30 bits per heavy atom. The van der Waals surface area contributed by atoms with Crippen LogP contribution in [0.25, 0.3) is 0 Å². The number of aromatic amines is 1. The summed E-state index contributed by atoms with van der Waals surface area (Å²) in [5, 5.41) is 14.8. The molecule has 0 fully saturated rings. The molecular formula is C11H20N8O. The molecule has 0 aliphatic carbocycles. The molecule has 110 valence electrons. The third kappa shape index (κ3) is 2.95. The average molecular weight is 280 g/mol. The second kappa shape index (κ2) is 6.46. The quantitative estimate of drug-likeness (QED) is 0.446. The lowest BCUT2D eigenvalue weighted by Gasteiger charge is -2.18. The van der Waals surface area contributed by atoms with E-state index >= 15 is 0 Å². The van der Waals surface area contributed by atoms with Gasteiger partial charge in [0.2, 0.25) is 0 Å². The number of aromatic nitrogens is 5. The van der Waals surface area contributed by atoms with Crippen LogP contribution in [0.5, 0.6) is 5.75 Å². The summed E-state index contributed by atoms with van der Waals surface area (Å²) >= 11 is 0. The number of hydrogen-bond donors (Lipinski definition) is 3. The van der Waals surface area contributed by atoms with Crippen molar-refractivity contribution < 1.29 is 4.74 Å². The molecule has 2 rings (SSSR count). The van der Waals surface area contributed by atoms with Crippen molar-refractivity contribution in [3.63, 3.8) is 0 Å². The van der Waals surface area contributed by atoms with Gasteiger partial charge in [-0.25, -0.2) is 5.43 Å². The van der Waals surface area contributed by atoms with Crippen molar-refractivity contribution in [2.45, 2.75) is 12.6 Å². The first-order valence-electron chi connectivity index (χ1n) is 6.23. The minimum absolute atomic E-state index is 0.339. The number of rotatable bonds is 7. The molecule has 0 spiro atoms. The largest absolute Gasteiger partial charge is 0.493 e. The Kier molecular flexibility index (Phi) is 4.66. The van der Waals surface area contributed by atoms with E-state index in [-0.39, 0.29) is 6.04 Å². The number of nitrogens with two attached hydrogens (primary N) is 1. The van der Waals surface area contributed by atoms with Crippen molar-refractivity contribution >= 4 is 0 Å². The van der Waals surface area contributed by atoms with Gasteiger partial charge in [0, 0.05) is 6.54 Å². The molecule has 2 aromatic rings. The van der Waals surface area contributed by atoms with Crippen molar-refractivity contribution in [2.75, 3.05) is 27.7 Å². The van der Waals surface area contributed by atoms with Gasteiger partial charge in [-0.1, -0.05) is 0 Å². The summed E-state index contributed by atoms with van der Waals surface area (Å²) in [5.74, 6) is 6.33. The Balaban J connectivity index is 2.34. The van der Waals surface area contributed by atoms with Crippen molar-refractivity contribution in [2.24, 2.45) is 5.84 Å². The van der Waals surface area contributed by atoms with Gasteiger partial charge >= 0.3 is 0 Å². The minimum atomic E-state index is -0.339. The van der Waals surface area contributed by atoms with Gasteiger partial charge in [-0.2, -0.15) is 20.5 Å². The van der Waals surface area contributed by atoms with Gasteiger partial charge in [0.1, 0.15) is 17.4 Å². The molecule has 0 amide bonds. The van der Waals surface area contributed by atoms with Crippen LogP contribution in [0.4, 0.5) is 0 Å². The molecule has 2 aromatic heterocycles. The molecule has 0 saturated carbocycles. The van der Waals surface area contributed by atoms with Crippen molar-refractivity contribution in [1.29, 1.82) is 0 Å². The fourth-order valence-electron chi connectivity index (χ4n) is 1.95. The first kappa shape index (κ1) is 14.4. The highest BCUT2D eigenvalue weighted by Gasteiger charge is 2.24. The third-order valence-corrected chi connectivity index (χ3v) is 2.99. The number of hydrazine groups is 1. The van der Waals surface area contributed by atoms with Gasteiger partial charge in [0.25, 0.3) is 0 Å². The standard InChI is InChI=1S/C11H20N8O/c1-18(2)4-5-19-11(9(20-3)7-14-19)10(15-12)8-6-13-17-16-8/h6-7,10,15H,4-5,12H2,1-3H3,(H,13,16,17). The average Bonchev–Trinajstić information content (AvgIpc) is 3.07. The van der Waals surface area contributed by atoms with E-state index in [9.17, 15) is 0 Å². The highest BCUT2D eigenvalue weighted by molar-refractivity contribution is 5.33. The van der Waals surface area contributed by atoms with Crippen LogP contribution in [-0.2, 0) is 6.54 Å². The molecule has 0 aliphatic rings. The van der Waals surface area contributed by atoms with E-state index in [1.807, 2.05) is 18.8 Å². The van der Waals surface area contributed by atoms with E-state index in [1.54, 1.807) is 19.5 Å². The summed E-state index contributed by atoms with van der Waals surface area (Å²) in [6.07, 6.45) is 3.29. The Bertz CT molecular complexity index is 521. The van der Waals surface area contributed by atoms with E-state index in [0.29, 0.717) is 11.4 Å². The molecule has 20 heavy (non-hydrogen) atoms. The molecule has 0 aromatic carbocycles. The SMILES string of the molecule is COc1cnn(CCN(C)C)c1C(NN)c1cn[nH]n1. The van der Waals surface area contributed by atoms with E-state index in [1.165, 1.54) is 0 Å². The first-order valence-corrected chi connectivity index (χ1v) is 6.23. The van der Waals surface area contributed by atoms with Crippen LogP contribution >= 0.6 is 0 Å². The van der Waals surface area contributed by atoms with Gasteiger partial charge in [-0.05, 0) is 14.1 Å². The smallest absolute Gasteiger partial charge is 0.162 e. The van der Waals surface area contributed by atoms with Crippen LogP contribution in [0.1, 0.15) is 17.4 Å². The number of nitrogens with one attached hydrogen (secondary N) is 2. The molecule has 9 nitrogen and oxygen atoms in total. The van der Waals surface area contributed by atoms with Gasteiger partial charge in [-0.3, -0.25) is 10.5 Å². The summed E-state index contributed by atoms with van der Waals surface area (Å²) in [6, 6.07) is -0.339.